The molecular weight excluding hydrogens is 299 g/mol. The van der Waals surface area contributed by atoms with Crippen molar-refractivity contribution in [2.45, 2.75) is 31.7 Å². The van der Waals surface area contributed by atoms with E-state index < -0.39 is 0 Å². The summed E-state index contributed by atoms with van der Waals surface area (Å²) < 4.78 is 0. The van der Waals surface area contributed by atoms with Crippen molar-refractivity contribution in [1.29, 1.82) is 0 Å². The summed E-state index contributed by atoms with van der Waals surface area (Å²) in [5.74, 6) is 0.905. The summed E-state index contributed by atoms with van der Waals surface area (Å²) >= 11 is 1.85. The fourth-order valence-electron chi connectivity index (χ4n) is 3.46. The summed E-state index contributed by atoms with van der Waals surface area (Å²) in [6.45, 7) is 4.76. The van der Waals surface area contributed by atoms with Crippen LogP contribution in [0.1, 0.15) is 37.3 Å². The number of nitrogens with one attached hydrogen (secondary N) is 1. The lowest BCUT2D eigenvalue weighted by molar-refractivity contribution is 0.126. The Morgan fingerprint density at radius 3 is 2.42 bits per heavy atom. The molecule has 0 bridgehead atoms. The Morgan fingerprint density at radius 1 is 1.16 bits per heavy atom. The Balaban J connectivity index is 0.000000902. The fourth-order valence-corrected chi connectivity index (χ4v) is 4.15. The molecule has 1 aliphatic carbocycles. The molecule has 2 aliphatic rings. The molecule has 110 valence electrons. The minimum absolute atomic E-state index is 0. The topological polar surface area (TPSA) is 15.3 Å². The highest BCUT2D eigenvalue weighted by Gasteiger charge is 2.31. The van der Waals surface area contributed by atoms with Crippen LogP contribution in [-0.2, 0) is 0 Å². The van der Waals surface area contributed by atoms with E-state index in [1.54, 1.807) is 5.56 Å². The van der Waals surface area contributed by atoms with Crippen molar-refractivity contribution in [2.24, 2.45) is 5.92 Å². The van der Waals surface area contributed by atoms with Crippen LogP contribution in [0.4, 0.5) is 0 Å². The van der Waals surface area contributed by atoms with Gasteiger partial charge in [-0.25, -0.2) is 0 Å². The normalized spacial score (nSPS) is 22.5. The lowest BCUT2D eigenvalue weighted by Crippen LogP contribution is -2.46. The van der Waals surface area contributed by atoms with Gasteiger partial charge >= 0.3 is 0 Å². The number of thiophene rings is 1. The van der Waals surface area contributed by atoms with Gasteiger partial charge in [0.1, 0.15) is 0 Å². The van der Waals surface area contributed by atoms with Crippen LogP contribution in [0.3, 0.4) is 0 Å². The average Bonchev–Trinajstić information content (AvgIpc) is 3.04. The van der Waals surface area contributed by atoms with Gasteiger partial charge in [-0.1, -0.05) is 12.8 Å². The maximum Gasteiger partial charge on any atom is 0.0385 e. The summed E-state index contributed by atoms with van der Waals surface area (Å²) in [5, 5.41) is 8.07. The van der Waals surface area contributed by atoms with E-state index in [1.807, 2.05) is 11.3 Å². The quantitative estimate of drug-likeness (QED) is 0.912. The SMILES string of the molecule is Cl.Cl.c1cc([C@@H](C2CCCC2)N2CCNCC2)cs1. The predicted octanol–water partition coefficient (Wildman–Crippen LogP) is 3.73. The molecule has 2 fully saturated rings. The molecular formula is C14H24Cl2N2S. The number of halogens is 2. The van der Waals surface area contributed by atoms with E-state index in [9.17, 15) is 0 Å². The van der Waals surface area contributed by atoms with Crippen molar-refractivity contribution in [3.05, 3.63) is 22.4 Å². The third kappa shape index (κ3) is 4.08. The summed E-state index contributed by atoms with van der Waals surface area (Å²) in [4.78, 5) is 2.72. The Kier molecular flexibility index (Phi) is 7.70. The summed E-state index contributed by atoms with van der Waals surface area (Å²) in [6, 6.07) is 3.04. The van der Waals surface area contributed by atoms with Gasteiger partial charge in [0, 0.05) is 32.2 Å². The molecule has 2 heterocycles. The molecule has 2 nitrogen and oxygen atoms in total. The maximum atomic E-state index is 3.47. The van der Waals surface area contributed by atoms with E-state index in [2.05, 4.69) is 27.0 Å². The summed E-state index contributed by atoms with van der Waals surface area (Å²) in [6.07, 6.45) is 5.75. The van der Waals surface area contributed by atoms with Gasteiger partial charge in [-0.3, -0.25) is 4.90 Å². The fraction of sp³-hybridized carbons (Fsp3) is 0.714. The van der Waals surface area contributed by atoms with Crippen molar-refractivity contribution in [3.63, 3.8) is 0 Å². The summed E-state index contributed by atoms with van der Waals surface area (Å²) in [7, 11) is 0. The Morgan fingerprint density at radius 2 is 1.84 bits per heavy atom. The van der Waals surface area contributed by atoms with Crippen molar-refractivity contribution >= 4 is 36.2 Å². The number of nitrogens with zero attached hydrogens (tertiary/aromatic N) is 1. The Hall–Kier alpha value is 0.200. The second-order valence-electron chi connectivity index (χ2n) is 5.33. The molecule has 0 unspecified atom stereocenters. The Labute approximate surface area is 132 Å². The zero-order valence-electron chi connectivity index (χ0n) is 11.2. The van der Waals surface area contributed by atoms with Gasteiger partial charge in [0.15, 0.2) is 0 Å². The van der Waals surface area contributed by atoms with Crippen LogP contribution >= 0.6 is 36.2 Å². The molecule has 1 atom stereocenters. The smallest absolute Gasteiger partial charge is 0.0385 e. The minimum Gasteiger partial charge on any atom is -0.314 e. The van der Waals surface area contributed by atoms with Gasteiger partial charge in [-0.05, 0) is 41.1 Å². The molecule has 0 radical (unpaired) electrons. The molecule has 3 rings (SSSR count). The van der Waals surface area contributed by atoms with Gasteiger partial charge < -0.3 is 5.32 Å². The lowest BCUT2D eigenvalue weighted by atomic mass is 9.91. The van der Waals surface area contributed by atoms with Crippen molar-refractivity contribution < 1.29 is 0 Å². The molecule has 1 N–H and O–H groups in total. The Bertz CT molecular complexity index is 333. The zero-order chi connectivity index (χ0) is 11.5. The average molecular weight is 323 g/mol. The van der Waals surface area contributed by atoms with E-state index in [0.717, 1.165) is 19.0 Å². The van der Waals surface area contributed by atoms with Crippen LogP contribution in [0.25, 0.3) is 0 Å². The van der Waals surface area contributed by atoms with Crippen molar-refractivity contribution in [3.8, 4) is 0 Å². The molecule has 19 heavy (non-hydrogen) atoms. The van der Waals surface area contributed by atoms with Crippen LogP contribution in [0, 0.1) is 5.92 Å². The molecule has 0 aromatic carbocycles. The second-order valence-corrected chi connectivity index (χ2v) is 6.11. The van der Waals surface area contributed by atoms with Gasteiger partial charge in [0.2, 0.25) is 0 Å². The first-order valence-corrected chi connectivity index (χ1v) is 7.86. The largest absolute Gasteiger partial charge is 0.314 e. The zero-order valence-corrected chi connectivity index (χ0v) is 13.7. The third-order valence-corrected chi connectivity index (χ3v) is 4.98. The van der Waals surface area contributed by atoms with Crippen LogP contribution in [0.15, 0.2) is 16.8 Å². The third-order valence-electron chi connectivity index (χ3n) is 4.28. The van der Waals surface area contributed by atoms with Crippen LogP contribution < -0.4 is 5.32 Å². The van der Waals surface area contributed by atoms with Crippen LogP contribution in [0.5, 0.6) is 0 Å². The molecule has 1 saturated heterocycles. The molecule has 0 spiro atoms. The number of rotatable bonds is 3. The van der Waals surface area contributed by atoms with E-state index in [-0.39, 0.29) is 24.8 Å². The van der Waals surface area contributed by atoms with E-state index in [1.165, 1.54) is 38.8 Å². The van der Waals surface area contributed by atoms with Gasteiger partial charge in [-0.2, -0.15) is 11.3 Å². The monoisotopic (exact) mass is 322 g/mol. The van der Waals surface area contributed by atoms with Gasteiger partial charge in [0.05, 0.1) is 0 Å². The van der Waals surface area contributed by atoms with E-state index >= 15 is 0 Å². The molecule has 1 aromatic rings. The standard InChI is InChI=1S/C14H22N2S.2ClH/c1-2-4-12(3-1)14(13-5-10-17-11-13)16-8-6-15-7-9-16;;/h5,10-12,14-15H,1-4,6-9H2;2*1H/t14-;;/m1../s1. The van der Waals surface area contributed by atoms with Crippen LogP contribution in [0.2, 0.25) is 0 Å². The minimum atomic E-state index is 0. The number of piperazine rings is 1. The number of hydrogen-bond acceptors (Lipinski definition) is 3. The second kappa shape index (κ2) is 8.48. The first-order chi connectivity index (χ1) is 8.45. The van der Waals surface area contributed by atoms with Gasteiger partial charge in [0.25, 0.3) is 0 Å². The molecule has 1 saturated carbocycles. The highest BCUT2D eigenvalue weighted by molar-refractivity contribution is 7.07. The first-order valence-electron chi connectivity index (χ1n) is 6.92. The lowest BCUT2D eigenvalue weighted by Gasteiger charge is -2.38. The maximum absolute atomic E-state index is 3.47. The molecule has 5 heteroatoms. The molecule has 0 amide bonds. The van der Waals surface area contributed by atoms with E-state index in [4.69, 9.17) is 0 Å². The first kappa shape index (κ1) is 17.3. The van der Waals surface area contributed by atoms with Crippen molar-refractivity contribution in [1.82, 2.24) is 10.2 Å². The van der Waals surface area contributed by atoms with E-state index in [0.29, 0.717) is 6.04 Å². The molecule has 1 aliphatic heterocycles. The van der Waals surface area contributed by atoms with Crippen molar-refractivity contribution in [2.75, 3.05) is 26.2 Å². The summed E-state index contributed by atoms with van der Waals surface area (Å²) in [5.41, 5.74) is 1.57. The number of hydrogen-bond donors (Lipinski definition) is 1. The predicted molar refractivity (Wildman–Crippen MR) is 88.0 cm³/mol. The van der Waals surface area contributed by atoms with Crippen LogP contribution in [-0.4, -0.2) is 31.1 Å². The molecule has 1 aromatic heterocycles. The van der Waals surface area contributed by atoms with Gasteiger partial charge in [-0.15, -0.1) is 24.8 Å². The highest BCUT2D eigenvalue weighted by atomic mass is 35.5. The highest BCUT2D eigenvalue weighted by Crippen LogP contribution is 2.40.